The van der Waals surface area contributed by atoms with Gasteiger partial charge in [-0.1, -0.05) is 20.3 Å². The van der Waals surface area contributed by atoms with Crippen LogP contribution in [0.1, 0.15) is 20.3 Å². The summed E-state index contributed by atoms with van der Waals surface area (Å²) in [5, 5.41) is 5.37. The molecule has 0 aliphatic rings. The smallest absolute Gasteiger partial charge is 0.328 e. The van der Waals surface area contributed by atoms with Gasteiger partial charge in [0.1, 0.15) is 6.04 Å². The van der Waals surface area contributed by atoms with E-state index in [0.717, 1.165) is 6.42 Å². The molecule has 1 amide bonds. The quantitative estimate of drug-likeness (QED) is 0.609. The number of likely N-dealkylation sites (N-methyl/N-ethyl adjacent to an activating group) is 1. The monoisotopic (exact) mass is 216 g/mol. The van der Waals surface area contributed by atoms with Crippen molar-refractivity contribution in [3.05, 3.63) is 0 Å². The highest BCUT2D eigenvalue weighted by atomic mass is 16.5. The van der Waals surface area contributed by atoms with Crippen LogP contribution in [0.15, 0.2) is 0 Å². The lowest BCUT2D eigenvalue weighted by Gasteiger charge is -2.21. The van der Waals surface area contributed by atoms with E-state index in [-0.39, 0.29) is 18.4 Å². The highest BCUT2D eigenvalue weighted by Crippen LogP contribution is 2.08. The molecule has 88 valence electrons. The van der Waals surface area contributed by atoms with Crippen molar-refractivity contribution in [2.45, 2.75) is 26.3 Å². The van der Waals surface area contributed by atoms with Crippen molar-refractivity contribution in [3.63, 3.8) is 0 Å². The van der Waals surface area contributed by atoms with Crippen molar-refractivity contribution in [1.82, 2.24) is 10.6 Å². The predicted octanol–water partition coefficient (Wildman–Crippen LogP) is -0.0903. The summed E-state index contributed by atoms with van der Waals surface area (Å²) in [6, 6.07) is -0.555. The Morgan fingerprint density at radius 2 is 2.00 bits per heavy atom. The van der Waals surface area contributed by atoms with Crippen LogP contribution in [0.3, 0.4) is 0 Å². The van der Waals surface area contributed by atoms with Crippen molar-refractivity contribution in [2.24, 2.45) is 5.92 Å². The third-order valence-electron chi connectivity index (χ3n) is 2.32. The van der Waals surface area contributed by atoms with Gasteiger partial charge in [-0.25, -0.2) is 4.79 Å². The maximum atomic E-state index is 11.4. The number of nitrogens with one attached hydrogen (secondary N) is 2. The molecule has 0 rings (SSSR count). The second kappa shape index (κ2) is 7.23. The molecular weight excluding hydrogens is 196 g/mol. The van der Waals surface area contributed by atoms with Crippen molar-refractivity contribution in [1.29, 1.82) is 0 Å². The van der Waals surface area contributed by atoms with E-state index in [0.29, 0.717) is 0 Å². The summed E-state index contributed by atoms with van der Waals surface area (Å²) < 4.78 is 4.64. The Kier molecular flexibility index (Phi) is 6.70. The number of amides is 1. The van der Waals surface area contributed by atoms with Gasteiger partial charge in [0, 0.05) is 0 Å². The van der Waals surface area contributed by atoms with E-state index in [1.165, 1.54) is 7.11 Å². The average molecular weight is 216 g/mol. The van der Waals surface area contributed by atoms with E-state index in [1.807, 2.05) is 13.8 Å². The van der Waals surface area contributed by atoms with E-state index in [1.54, 1.807) is 7.05 Å². The van der Waals surface area contributed by atoms with Crippen LogP contribution in [-0.4, -0.2) is 38.6 Å². The summed E-state index contributed by atoms with van der Waals surface area (Å²) >= 11 is 0. The van der Waals surface area contributed by atoms with Gasteiger partial charge in [0.05, 0.1) is 13.7 Å². The summed E-state index contributed by atoms with van der Waals surface area (Å²) in [4.78, 5) is 22.7. The Bertz CT molecular complexity index is 219. The summed E-state index contributed by atoms with van der Waals surface area (Å²) in [5.74, 6) is -0.528. The molecule has 0 fully saturated rings. The SMILES string of the molecule is CC[C@@H](C)[C@H](NC(=O)CNC)C(=O)OC. The number of methoxy groups -OCH3 is 1. The van der Waals surface area contributed by atoms with E-state index in [2.05, 4.69) is 15.4 Å². The maximum Gasteiger partial charge on any atom is 0.328 e. The summed E-state index contributed by atoms with van der Waals surface area (Å²) in [7, 11) is 3.00. The minimum Gasteiger partial charge on any atom is -0.467 e. The van der Waals surface area contributed by atoms with Crippen LogP contribution in [0.4, 0.5) is 0 Å². The Morgan fingerprint density at radius 1 is 1.40 bits per heavy atom. The molecule has 0 saturated heterocycles. The van der Waals surface area contributed by atoms with Crippen molar-refractivity contribution >= 4 is 11.9 Å². The Hall–Kier alpha value is -1.10. The largest absolute Gasteiger partial charge is 0.467 e. The molecule has 5 heteroatoms. The first-order valence-corrected chi connectivity index (χ1v) is 5.08. The lowest BCUT2D eigenvalue weighted by atomic mass is 9.99. The molecule has 0 aromatic heterocycles. The zero-order valence-corrected chi connectivity index (χ0v) is 9.79. The first-order valence-electron chi connectivity index (χ1n) is 5.08. The topological polar surface area (TPSA) is 67.4 Å². The molecule has 0 heterocycles. The Morgan fingerprint density at radius 3 is 2.40 bits per heavy atom. The van der Waals surface area contributed by atoms with Crippen LogP contribution in [0.2, 0.25) is 0 Å². The number of rotatable bonds is 6. The van der Waals surface area contributed by atoms with E-state index >= 15 is 0 Å². The number of carbonyl (C=O) groups is 2. The van der Waals surface area contributed by atoms with Crippen LogP contribution in [0.25, 0.3) is 0 Å². The third kappa shape index (κ3) is 4.78. The van der Waals surface area contributed by atoms with Crippen LogP contribution in [0.5, 0.6) is 0 Å². The minimum atomic E-state index is -0.555. The highest BCUT2D eigenvalue weighted by molar-refractivity contribution is 5.85. The van der Waals surface area contributed by atoms with Crippen LogP contribution < -0.4 is 10.6 Å². The summed E-state index contributed by atoms with van der Waals surface area (Å²) in [6.45, 7) is 4.07. The first-order chi connectivity index (χ1) is 7.06. The normalized spacial score (nSPS) is 14.1. The summed E-state index contributed by atoms with van der Waals surface area (Å²) in [6.07, 6.45) is 0.805. The first kappa shape index (κ1) is 13.9. The Labute approximate surface area is 90.6 Å². The van der Waals surface area contributed by atoms with Gasteiger partial charge < -0.3 is 15.4 Å². The van der Waals surface area contributed by atoms with E-state index in [4.69, 9.17) is 0 Å². The molecule has 5 nitrogen and oxygen atoms in total. The highest BCUT2D eigenvalue weighted by Gasteiger charge is 2.26. The van der Waals surface area contributed by atoms with Crippen LogP contribution >= 0.6 is 0 Å². The van der Waals surface area contributed by atoms with Crippen LogP contribution in [0, 0.1) is 5.92 Å². The number of esters is 1. The predicted molar refractivity (Wildman–Crippen MR) is 57.3 cm³/mol. The Balaban J connectivity index is 4.37. The molecule has 2 N–H and O–H groups in total. The van der Waals surface area contributed by atoms with Gasteiger partial charge >= 0.3 is 5.97 Å². The number of hydrogen-bond acceptors (Lipinski definition) is 4. The van der Waals surface area contributed by atoms with Gasteiger partial charge in [-0.2, -0.15) is 0 Å². The molecule has 0 aliphatic heterocycles. The number of ether oxygens (including phenoxy) is 1. The van der Waals surface area contributed by atoms with E-state index in [9.17, 15) is 9.59 Å². The standard InChI is InChI=1S/C10H20N2O3/c1-5-7(2)9(10(14)15-4)12-8(13)6-11-3/h7,9,11H,5-6H2,1-4H3,(H,12,13)/t7-,9+/m1/s1. The lowest BCUT2D eigenvalue weighted by molar-refractivity contribution is -0.146. The second-order valence-corrected chi connectivity index (χ2v) is 3.48. The molecule has 2 atom stereocenters. The average Bonchev–Trinajstić information content (AvgIpc) is 2.24. The molecule has 0 spiro atoms. The molecule has 0 aliphatic carbocycles. The van der Waals surface area contributed by atoms with Crippen LogP contribution in [-0.2, 0) is 14.3 Å². The second-order valence-electron chi connectivity index (χ2n) is 3.48. The third-order valence-corrected chi connectivity index (χ3v) is 2.32. The van der Waals surface area contributed by atoms with Crippen molar-refractivity contribution in [3.8, 4) is 0 Å². The molecule has 0 aromatic rings. The fourth-order valence-electron chi connectivity index (χ4n) is 1.18. The maximum absolute atomic E-state index is 11.4. The molecule has 0 unspecified atom stereocenters. The van der Waals surface area contributed by atoms with Gasteiger partial charge in [0.15, 0.2) is 0 Å². The van der Waals surface area contributed by atoms with Gasteiger partial charge in [-0.05, 0) is 13.0 Å². The lowest BCUT2D eigenvalue weighted by Crippen LogP contribution is -2.48. The zero-order valence-electron chi connectivity index (χ0n) is 9.79. The molecule has 0 bridgehead atoms. The van der Waals surface area contributed by atoms with Crippen molar-refractivity contribution in [2.75, 3.05) is 20.7 Å². The molecule has 0 saturated carbocycles. The summed E-state index contributed by atoms with van der Waals surface area (Å²) in [5.41, 5.74) is 0. The van der Waals surface area contributed by atoms with Gasteiger partial charge in [-0.3, -0.25) is 4.79 Å². The zero-order chi connectivity index (χ0) is 11.8. The minimum absolute atomic E-state index is 0.0678. The number of hydrogen-bond donors (Lipinski definition) is 2. The molecule has 0 aromatic carbocycles. The fourth-order valence-corrected chi connectivity index (χ4v) is 1.18. The molecular formula is C10H20N2O3. The fraction of sp³-hybridized carbons (Fsp3) is 0.800. The van der Waals surface area contributed by atoms with Gasteiger partial charge in [0.25, 0.3) is 0 Å². The number of carbonyl (C=O) groups excluding carboxylic acids is 2. The van der Waals surface area contributed by atoms with Crippen molar-refractivity contribution < 1.29 is 14.3 Å². The molecule has 15 heavy (non-hydrogen) atoms. The molecule has 0 radical (unpaired) electrons. The van der Waals surface area contributed by atoms with E-state index < -0.39 is 12.0 Å². The van der Waals surface area contributed by atoms with Gasteiger partial charge in [0.2, 0.25) is 5.91 Å². The van der Waals surface area contributed by atoms with Gasteiger partial charge in [-0.15, -0.1) is 0 Å².